The van der Waals surface area contributed by atoms with E-state index >= 15 is 0 Å². The highest BCUT2D eigenvalue weighted by Crippen LogP contribution is 2.26. The van der Waals surface area contributed by atoms with Crippen molar-refractivity contribution in [3.63, 3.8) is 0 Å². The zero-order valence-electron chi connectivity index (χ0n) is 12.0. The van der Waals surface area contributed by atoms with Gasteiger partial charge in [-0.2, -0.15) is 0 Å². The zero-order valence-corrected chi connectivity index (χ0v) is 12.0. The van der Waals surface area contributed by atoms with E-state index in [0.717, 1.165) is 31.5 Å². The van der Waals surface area contributed by atoms with Crippen molar-refractivity contribution < 1.29 is 9.18 Å². The number of hydrogen-bond acceptors (Lipinski definition) is 2. The summed E-state index contributed by atoms with van der Waals surface area (Å²) >= 11 is 0. The van der Waals surface area contributed by atoms with E-state index in [2.05, 4.69) is 4.90 Å². The number of likely N-dealkylation sites (tertiary alicyclic amines) is 1. The fourth-order valence-corrected chi connectivity index (χ4v) is 2.76. The van der Waals surface area contributed by atoms with Crippen molar-refractivity contribution in [3.8, 4) is 0 Å². The van der Waals surface area contributed by atoms with Crippen molar-refractivity contribution in [3.05, 3.63) is 35.1 Å². The number of aryl methyl sites for hydroxylation is 1. The van der Waals surface area contributed by atoms with Gasteiger partial charge in [0.25, 0.3) is 0 Å². The van der Waals surface area contributed by atoms with Crippen LogP contribution in [0.4, 0.5) is 4.39 Å². The Morgan fingerprint density at radius 3 is 2.47 bits per heavy atom. The third-order valence-corrected chi connectivity index (χ3v) is 4.15. The van der Waals surface area contributed by atoms with Gasteiger partial charge in [-0.25, -0.2) is 4.39 Å². The lowest BCUT2D eigenvalue weighted by Crippen LogP contribution is -2.52. The van der Waals surface area contributed by atoms with Gasteiger partial charge in [-0.05, 0) is 64.4 Å². The Hall–Kier alpha value is -1.22. The standard InChI is InChI=1S/C16H22FNO/c1-12-7-8-13(17)11-14(12)15(19)16(2,3)18-9-5-4-6-10-18/h7-8,11H,4-6,9-10H2,1-3H3. The van der Waals surface area contributed by atoms with Crippen LogP contribution in [0.25, 0.3) is 0 Å². The Morgan fingerprint density at radius 2 is 1.84 bits per heavy atom. The zero-order chi connectivity index (χ0) is 14.0. The number of ketones is 1. The molecule has 1 saturated heterocycles. The topological polar surface area (TPSA) is 20.3 Å². The van der Waals surface area contributed by atoms with Gasteiger partial charge < -0.3 is 0 Å². The first-order chi connectivity index (χ1) is 8.93. The molecule has 0 N–H and O–H groups in total. The van der Waals surface area contributed by atoms with E-state index in [-0.39, 0.29) is 11.6 Å². The first-order valence-corrected chi connectivity index (χ1v) is 6.99. The van der Waals surface area contributed by atoms with Crippen molar-refractivity contribution in [1.82, 2.24) is 4.90 Å². The number of halogens is 1. The molecule has 0 unspecified atom stereocenters. The van der Waals surface area contributed by atoms with Crippen LogP contribution < -0.4 is 0 Å². The van der Waals surface area contributed by atoms with Gasteiger partial charge >= 0.3 is 0 Å². The van der Waals surface area contributed by atoms with Gasteiger partial charge in [0.15, 0.2) is 5.78 Å². The van der Waals surface area contributed by atoms with E-state index in [1.807, 2.05) is 20.8 Å². The summed E-state index contributed by atoms with van der Waals surface area (Å²) in [5.41, 5.74) is 0.797. The molecule has 1 aliphatic rings. The highest BCUT2D eigenvalue weighted by Gasteiger charge is 2.36. The normalized spacial score (nSPS) is 17.5. The number of rotatable bonds is 3. The summed E-state index contributed by atoms with van der Waals surface area (Å²) in [6.07, 6.45) is 3.51. The molecular weight excluding hydrogens is 241 g/mol. The molecule has 1 aromatic rings. The smallest absolute Gasteiger partial charge is 0.182 e. The van der Waals surface area contributed by atoms with Crippen LogP contribution in [0.1, 0.15) is 49.0 Å². The van der Waals surface area contributed by atoms with Crippen LogP contribution >= 0.6 is 0 Å². The Kier molecular flexibility index (Phi) is 4.04. The molecule has 0 radical (unpaired) electrons. The van der Waals surface area contributed by atoms with Gasteiger partial charge in [0.2, 0.25) is 0 Å². The number of benzene rings is 1. The quantitative estimate of drug-likeness (QED) is 0.777. The summed E-state index contributed by atoms with van der Waals surface area (Å²) in [4.78, 5) is 15.0. The first kappa shape index (κ1) is 14.2. The third kappa shape index (κ3) is 2.86. The molecule has 0 bridgehead atoms. The Balaban J connectivity index is 2.28. The number of carbonyl (C=O) groups excluding carboxylic acids is 1. The van der Waals surface area contributed by atoms with Crippen molar-refractivity contribution in [2.24, 2.45) is 0 Å². The average Bonchev–Trinajstić information content (AvgIpc) is 2.41. The average molecular weight is 263 g/mol. The second-order valence-corrected chi connectivity index (χ2v) is 5.90. The molecule has 19 heavy (non-hydrogen) atoms. The van der Waals surface area contributed by atoms with Crippen LogP contribution in [0.5, 0.6) is 0 Å². The van der Waals surface area contributed by atoms with E-state index in [4.69, 9.17) is 0 Å². The molecule has 2 rings (SSSR count). The van der Waals surface area contributed by atoms with Crippen LogP contribution in [-0.4, -0.2) is 29.3 Å². The molecule has 0 aromatic heterocycles. The molecule has 0 aliphatic carbocycles. The maximum absolute atomic E-state index is 13.4. The fourth-order valence-electron chi connectivity index (χ4n) is 2.76. The molecule has 0 amide bonds. The van der Waals surface area contributed by atoms with Gasteiger partial charge in [0.05, 0.1) is 5.54 Å². The molecule has 104 valence electrons. The van der Waals surface area contributed by atoms with E-state index < -0.39 is 5.54 Å². The van der Waals surface area contributed by atoms with Crippen molar-refractivity contribution >= 4 is 5.78 Å². The summed E-state index contributed by atoms with van der Waals surface area (Å²) in [5.74, 6) is -0.324. The maximum Gasteiger partial charge on any atom is 0.182 e. The first-order valence-electron chi connectivity index (χ1n) is 6.99. The van der Waals surface area contributed by atoms with Gasteiger partial charge in [-0.1, -0.05) is 12.5 Å². The van der Waals surface area contributed by atoms with Gasteiger partial charge in [0, 0.05) is 5.56 Å². The van der Waals surface area contributed by atoms with Crippen molar-refractivity contribution in [1.29, 1.82) is 0 Å². The number of piperidine rings is 1. The number of Topliss-reactive ketones (excluding diaryl/α,β-unsaturated/α-hetero) is 1. The van der Waals surface area contributed by atoms with Crippen molar-refractivity contribution in [2.75, 3.05) is 13.1 Å². The largest absolute Gasteiger partial charge is 0.292 e. The molecule has 3 heteroatoms. The minimum absolute atomic E-state index is 0.0198. The van der Waals surface area contributed by atoms with Crippen molar-refractivity contribution in [2.45, 2.75) is 45.6 Å². The summed E-state index contributed by atoms with van der Waals surface area (Å²) in [6, 6.07) is 4.44. The van der Waals surface area contributed by atoms with Crippen LogP contribution in [-0.2, 0) is 0 Å². The Morgan fingerprint density at radius 1 is 1.21 bits per heavy atom. The molecule has 1 aromatic carbocycles. The lowest BCUT2D eigenvalue weighted by molar-refractivity contribution is 0.0578. The number of carbonyl (C=O) groups is 1. The Bertz CT molecular complexity index is 476. The summed E-state index contributed by atoms with van der Waals surface area (Å²) in [6.45, 7) is 7.66. The van der Waals surface area contributed by atoms with E-state index in [9.17, 15) is 9.18 Å². The van der Waals surface area contributed by atoms with Crippen LogP contribution in [0.3, 0.4) is 0 Å². The maximum atomic E-state index is 13.4. The Labute approximate surface area is 114 Å². The number of hydrogen-bond donors (Lipinski definition) is 0. The molecule has 1 aliphatic heterocycles. The van der Waals surface area contributed by atoms with Gasteiger partial charge in [-0.3, -0.25) is 9.69 Å². The molecular formula is C16H22FNO. The molecule has 0 atom stereocenters. The fraction of sp³-hybridized carbons (Fsp3) is 0.562. The van der Waals surface area contributed by atoms with Gasteiger partial charge in [0.1, 0.15) is 5.82 Å². The lowest BCUT2D eigenvalue weighted by atomic mass is 9.87. The predicted molar refractivity (Wildman–Crippen MR) is 75.0 cm³/mol. The molecule has 1 fully saturated rings. The third-order valence-electron chi connectivity index (χ3n) is 4.15. The summed E-state index contributed by atoms with van der Waals surface area (Å²) < 4.78 is 13.4. The van der Waals surface area contributed by atoms with Gasteiger partial charge in [-0.15, -0.1) is 0 Å². The molecule has 1 heterocycles. The van der Waals surface area contributed by atoms with Crippen LogP contribution in [0, 0.1) is 12.7 Å². The van der Waals surface area contributed by atoms with E-state index in [1.165, 1.54) is 18.6 Å². The van der Waals surface area contributed by atoms with Crippen LogP contribution in [0.15, 0.2) is 18.2 Å². The van der Waals surface area contributed by atoms with E-state index in [1.54, 1.807) is 6.07 Å². The van der Waals surface area contributed by atoms with Crippen LogP contribution in [0.2, 0.25) is 0 Å². The second-order valence-electron chi connectivity index (χ2n) is 5.90. The highest BCUT2D eigenvalue weighted by atomic mass is 19.1. The lowest BCUT2D eigenvalue weighted by Gasteiger charge is -2.40. The summed E-state index contributed by atoms with van der Waals surface area (Å²) in [7, 11) is 0. The minimum atomic E-state index is -0.557. The van der Waals surface area contributed by atoms with E-state index in [0.29, 0.717) is 5.56 Å². The summed E-state index contributed by atoms with van der Waals surface area (Å²) in [5, 5.41) is 0. The number of nitrogens with zero attached hydrogens (tertiary/aromatic N) is 1. The molecule has 0 spiro atoms. The SMILES string of the molecule is Cc1ccc(F)cc1C(=O)C(C)(C)N1CCCCC1. The monoisotopic (exact) mass is 263 g/mol. The molecule has 2 nitrogen and oxygen atoms in total. The second kappa shape index (κ2) is 5.41. The minimum Gasteiger partial charge on any atom is -0.292 e. The molecule has 0 saturated carbocycles. The predicted octanol–water partition coefficient (Wildman–Crippen LogP) is 3.58. The highest BCUT2D eigenvalue weighted by molar-refractivity contribution is 6.03.